The number of rotatable bonds is 5. The van der Waals surface area contributed by atoms with Crippen LogP contribution in [-0.2, 0) is 0 Å². The van der Waals surface area contributed by atoms with Crippen LogP contribution in [0.3, 0.4) is 0 Å². The topological polar surface area (TPSA) is 95.9 Å². The van der Waals surface area contributed by atoms with Crippen LogP contribution < -0.4 is 10.6 Å². The molecule has 1 fully saturated rings. The van der Waals surface area contributed by atoms with Crippen molar-refractivity contribution >= 4 is 11.5 Å². The summed E-state index contributed by atoms with van der Waals surface area (Å²) < 4.78 is 4.02. The zero-order valence-electron chi connectivity index (χ0n) is 18.3. The molecule has 162 valence electrons. The number of anilines is 1. The molecule has 8 heteroatoms. The second kappa shape index (κ2) is 8.44. The second-order valence-corrected chi connectivity index (χ2v) is 8.27. The van der Waals surface area contributed by atoms with Gasteiger partial charge in [0, 0.05) is 17.5 Å². The Kier molecular flexibility index (Phi) is 5.33. The second-order valence-electron chi connectivity index (χ2n) is 8.27. The van der Waals surface area contributed by atoms with Crippen LogP contribution in [-0.4, -0.2) is 37.2 Å². The average molecular weight is 427 g/mol. The maximum Gasteiger partial charge on any atom is 0.146 e. The van der Waals surface area contributed by atoms with E-state index in [0.717, 1.165) is 59.9 Å². The van der Waals surface area contributed by atoms with Gasteiger partial charge in [0.1, 0.15) is 23.2 Å². The van der Waals surface area contributed by atoms with Crippen molar-refractivity contribution in [2.24, 2.45) is 0 Å². The Morgan fingerprint density at radius 2 is 2.03 bits per heavy atom. The number of nitrogens with zero attached hydrogens (tertiary/aromatic N) is 6. The quantitative estimate of drug-likeness (QED) is 0.503. The van der Waals surface area contributed by atoms with Gasteiger partial charge < -0.3 is 10.6 Å². The highest BCUT2D eigenvalue weighted by Crippen LogP contribution is 2.32. The van der Waals surface area contributed by atoms with E-state index in [1.165, 1.54) is 0 Å². The minimum Gasteiger partial charge on any atom is -0.363 e. The third-order valence-corrected chi connectivity index (χ3v) is 6.23. The maximum atomic E-state index is 9.61. The van der Waals surface area contributed by atoms with E-state index < -0.39 is 0 Å². The van der Waals surface area contributed by atoms with E-state index in [4.69, 9.17) is 5.10 Å². The largest absolute Gasteiger partial charge is 0.363 e. The van der Waals surface area contributed by atoms with Gasteiger partial charge in [-0.2, -0.15) is 10.4 Å². The molecule has 1 saturated heterocycles. The van der Waals surface area contributed by atoms with Gasteiger partial charge in [0.15, 0.2) is 0 Å². The number of hydrogen-bond donors (Lipinski definition) is 2. The van der Waals surface area contributed by atoms with Crippen LogP contribution in [0, 0.1) is 18.3 Å². The standard InChI is InChI=1S/C24H26N8/c1-16(22-5-3-4-8-27-22)30-24-12-18(11-23-28-14-20(13-25)31(23)24)21-15-29-32(17(21)2)19-6-9-26-10-7-19/h3-5,8,11-12,14-16,19,26,30H,6-7,9-10H2,1-2H3/t16-/m1/s1. The van der Waals surface area contributed by atoms with E-state index in [1.807, 2.05) is 34.9 Å². The van der Waals surface area contributed by atoms with Crippen LogP contribution in [0.5, 0.6) is 0 Å². The molecular formula is C24H26N8. The molecule has 1 aliphatic heterocycles. The van der Waals surface area contributed by atoms with Gasteiger partial charge in [0.25, 0.3) is 0 Å². The van der Waals surface area contributed by atoms with Crippen LogP contribution in [0.4, 0.5) is 5.82 Å². The summed E-state index contributed by atoms with van der Waals surface area (Å²) in [5.74, 6) is 0.804. The van der Waals surface area contributed by atoms with Crippen LogP contribution in [0.15, 0.2) is 48.9 Å². The number of hydrogen-bond acceptors (Lipinski definition) is 6. The van der Waals surface area contributed by atoms with E-state index in [0.29, 0.717) is 11.7 Å². The van der Waals surface area contributed by atoms with Crippen molar-refractivity contribution in [3.05, 3.63) is 66.0 Å². The highest BCUT2D eigenvalue weighted by atomic mass is 15.3. The van der Waals surface area contributed by atoms with Crippen molar-refractivity contribution in [2.75, 3.05) is 18.4 Å². The smallest absolute Gasteiger partial charge is 0.146 e. The van der Waals surface area contributed by atoms with Crippen LogP contribution in [0.1, 0.15) is 48.9 Å². The Balaban J connectivity index is 1.57. The van der Waals surface area contributed by atoms with Gasteiger partial charge in [-0.3, -0.25) is 14.1 Å². The Bertz CT molecular complexity index is 1270. The van der Waals surface area contributed by atoms with Gasteiger partial charge in [0.2, 0.25) is 0 Å². The number of nitrogens with one attached hydrogen (secondary N) is 2. The maximum absolute atomic E-state index is 9.61. The lowest BCUT2D eigenvalue weighted by Gasteiger charge is -2.24. The van der Waals surface area contributed by atoms with Gasteiger partial charge in [-0.05, 0) is 69.6 Å². The Labute approximate surface area is 186 Å². The molecule has 4 aromatic rings. The third-order valence-electron chi connectivity index (χ3n) is 6.23. The van der Waals surface area contributed by atoms with Crippen molar-refractivity contribution < 1.29 is 0 Å². The Hall–Kier alpha value is -3.70. The first kappa shape index (κ1) is 20.2. The molecular weight excluding hydrogens is 400 g/mol. The SMILES string of the molecule is Cc1c(-c2cc(N[C@H](C)c3ccccn3)n3c(C#N)cnc3c2)cnn1C1CCNCC1. The molecule has 1 aliphatic rings. The summed E-state index contributed by atoms with van der Waals surface area (Å²) in [7, 11) is 0. The molecule has 32 heavy (non-hydrogen) atoms. The Morgan fingerprint density at radius 3 is 2.78 bits per heavy atom. The minimum atomic E-state index is -0.0397. The predicted molar refractivity (Wildman–Crippen MR) is 123 cm³/mol. The lowest BCUT2D eigenvalue weighted by Crippen LogP contribution is -2.30. The molecule has 0 saturated carbocycles. The number of fused-ring (bicyclic) bond motifs is 1. The summed E-state index contributed by atoms with van der Waals surface area (Å²) in [5.41, 5.74) is 5.41. The van der Waals surface area contributed by atoms with Gasteiger partial charge in [-0.25, -0.2) is 4.98 Å². The van der Waals surface area contributed by atoms with Gasteiger partial charge in [0.05, 0.1) is 30.2 Å². The van der Waals surface area contributed by atoms with Crippen molar-refractivity contribution in [3.8, 4) is 17.2 Å². The lowest BCUT2D eigenvalue weighted by atomic mass is 10.0. The first-order chi connectivity index (χ1) is 15.7. The van der Waals surface area contributed by atoms with Crippen LogP contribution in [0.25, 0.3) is 16.8 Å². The molecule has 4 aromatic heterocycles. The molecule has 0 unspecified atom stereocenters. The Morgan fingerprint density at radius 1 is 1.19 bits per heavy atom. The molecule has 0 amide bonds. The van der Waals surface area contributed by atoms with Crippen molar-refractivity contribution in [1.29, 1.82) is 5.26 Å². The highest BCUT2D eigenvalue weighted by molar-refractivity contribution is 5.74. The summed E-state index contributed by atoms with van der Waals surface area (Å²) in [6.07, 6.45) is 7.52. The van der Waals surface area contributed by atoms with Crippen molar-refractivity contribution in [3.63, 3.8) is 0 Å². The van der Waals surface area contributed by atoms with Gasteiger partial charge in [-0.1, -0.05) is 6.07 Å². The zero-order valence-corrected chi connectivity index (χ0v) is 18.3. The van der Waals surface area contributed by atoms with Crippen molar-refractivity contribution in [1.82, 2.24) is 29.5 Å². The predicted octanol–water partition coefficient (Wildman–Crippen LogP) is 3.87. The number of pyridine rings is 2. The van der Waals surface area contributed by atoms with E-state index in [1.54, 1.807) is 12.4 Å². The number of aromatic nitrogens is 5. The molecule has 2 N–H and O–H groups in total. The first-order valence-corrected chi connectivity index (χ1v) is 11.0. The molecule has 0 aromatic carbocycles. The summed E-state index contributed by atoms with van der Waals surface area (Å²) in [6.45, 7) is 6.24. The summed E-state index contributed by atoms with van der Waals surface area (Å²) in [5, 5.41) is 21.3. The van der Waals surface area contributed by atoms with E-state index in [9.17, 15) is 5.26 Å². The first-order valence-electron chi connectivity index (χ1n) is 11.0. The van der Waals surface area contributed by atoms with Gasteiger partial charge >= 0.3 is 0 Å². The number of imidazole rings is 1. The number of nitriles is 1. The molecule has 1 atom stereocenters. The third kappa shape index (κ3) is 3.61. The summed E-state index contributed by atoms with van der Waals surface area (Å²) in [4.78, 5) is 8.96. The lowest BCUT2D eigenvalue weighted by molar-refractivity contribution is 0.338. The summed E-state index contributed by atoms with van der Waals surface area (Å²) in [6, 6.07) is 12.6. The molecule has 5 rings (SSSR count). The highest BCUT2D eigenvalue weighted by Gasteiger charge is 2.21. The van der Waals surface area contributed by atoms with Crippen LogP contribution in [0.2, 0.25) is 0 Å². The van der Waals surface area contributed by atoms with E-state index in [-0.39, 0.29) is 6.04 Å². The molecule has 0 radical (unpaired) electrons. The fourth-order valence-electron chi connectivity index (χ4n) is 4.51. The van der Waals surface area contributed by atoms with Crippen LogP contribution >= 0.6 is 0 Å². The van der Waals surface area contributed by atoms with E-state index >= 15 is 0 Å². The molecule has 5 heterocycles. The molecule has 8 nitrogen and oxygen atoms in total. The average Bonchev–Trinajstić information content (AvgIpc) is 3.43. The fraction of sp³-hybridized carbons (Fsp3) is 0.333. The molecule has 0 bridgehead atoms. The van der Waals surface area contributed by atoms with E-state index in [2.05, 4.69) is 51.3 Å². The minimum absolute atomic E-state index is 0.0397. The van der Waals surface area contributed by atoms with Gasteiger partial charge in [-0.15, -0.1) is 0 Å². The number of piperidine rings is 1. The molecule has 0 aliphatic carbocycles. The monoisotopic (exact) mass is 426 g/mol. The fourth-order valence-corrected chi connectivity index (χ4v) is 4.51. The van der Waals surface area contributed by atoms with Crippen molar-refractivity contribution in [2.45, 2.75) is 38.8 Å². The summed E-state index contributed by atoms with van der Waals surface area (Å²) >= 11 is 0. The zero-order chi connectivity index (χ0) is 22.1. The normalized spacial score (nSPS) is 15.5. The molecule has 0 spiro atoms.